The molecule has 0 aromatic carbocycles. The van der Waals surface area contributed by atoms with Crippen molar-refractivity contribution in [3.05, 3.63) is 11.7 Å². The van der Waals surface area contributed by atoms with Gasteiger partial charge in [-0.15, -0.1) is 0 Å². The molecule has 0 radical (unpaired) electrons. The van der Waals surface area contributed by atoms with Crippen LogP contribution in [-0.2, 0) is 22.1 Å². The Labute approximate surface area is 113 Å². The molecule has 1 aromatic rings. The molecule has 0 spiro atoms. The molecule has 1 saturated carbocycles. The summed E-state index contributed by atoms with van der Waals surface area (Å²) in [5.41, 5.74) is 0. The number of sulfone groups is 1. The summed E-state index contributed by atoms with van der Waals surface area (Å²) in [6, 6.07) is 0.485. The SMILES string of the molecule is C[C@@H]1CCCC[C@@H]1NCc1nc(CS(C)(=O)=O)no1. The molecule has 1 aromatic heterocycles. The summed E-state index contributed by atoms with van der Waals surface area (Å²) in [6.07, 6.45) is 6.14. The lowest BCUT2D eigenvalue weighted by molar-refractivity contribution is 0.265. The van der Waals surface area contributed by atoms with E-state index in [-0.39, 0.29) is 11.6 Å². The van der Waals surface area contributed by atoms with Crippen LogP contribution in [0.1, 0.15) is 44.3 Å². The van der Waals surface area contributed by atoms with Crippen molar-refractivity contribution in [2.24, 2.45) is 5.92 Å². The van der Waals surface area contributed by atoms with Gasteiger partial charge in [0.25, 0.3) is 0 Å². The van der Waals surface area contributed by atoms with Gasteiger partial charge in [-0.1, -0.05) is 24.9 Å². The van der Waals surface area contributed by atoms with E-state index in [0.29, 0.717) is 24.4 Å². The molecule has 0 aliphatic heterocycles. The van der Waals surface area contributed by atoms with Gasteiger partial charge in [0.15, 0.2) is 15.7 Å². The average molecular weight is 287 g/mol. The van der Waals surface area contributed by atoms with Gasteiger partial charge >= 0.3 is 0 Å². The van der Waals surface area contributed by atoms with E-state index in [1.165, 1.54) is 25.7 Å². The fraction of sp³-hybridized carbons (Fsp3) is 0.833. The Hall–Kier alpha value is -0.950. The van der Waals surface area contributed by atoms with E-state index in [0.717, 1.165) is 6.26 Å². The predicted octanol–water partition coefficient (Wildman–Crippen LogP) is 1.28. The fourth-order valence-electron chi connectivity index (χ4n) is 2.49. The number of aromatic nitrogens is 2. The Kier molecular flexibility index (Phi) is 4.57. The first-order valence-corrected chi connectivity index (χ1v) is 8.72. The molecule has 2 rings (SSSR count). The van der Waals surface area contributed by atoms with Crippen molar-refractivity contribution in [1.82, 2.24) is 15.5 Å². The average Bonchev–Trinajstić information content (AvgIpc) is 2.73. The third-order valence-electron chi connectivity index (χ3n) is 3.53. The van der Waals surface area contributed by atoms with E-state index in [1.807, 2.05) is 0 Å². The molecule has 0 bridgehead atoms. The zero-order valence-corrected chi connectivity index (χ0v) is 12.2. The quantitative estimate of drug-likeness (QED) is 0.878. The molecular weight excluding hydrogens is 266 g/mol. The molecule has 2 atom stereocenters. The largest absolute Gasteiger partial charge is 0.338 e. The van der Waals surface area contributed by atoms with Crippen LogP contribution in [0.3, 0.4) is 0 Å². The molecule has 7 heteroatoms. The van der Waals surface area contributed by atoms with Gasteiger partial charge in [0, 0.05) is 12.3 Å². The van der Waals surface area contributed by atoms with Gasteiger partial charge in [-0.25, -0.2) is 8.42 Å². The van der Waals surface area contributed by atoms with Crippen LogP contribution in [0.15, 0.2) is 4.52 Å². The van der Waals surface area contributed by atoms with Crippen LogP contribution in [0.2, 0.25) is 0 Å². The van der Waals surface area contributed by atoms with Crippen LogP contribution in [0, 0.1) is 5.92 Å². The van der Waals surface area contributed by atoms with Gasteiger partial charge in [0.05, 0.1) is 6.54 Å². The maximum Gasteiger partial charge on any atom is 0.240 e. The van der Waals surface area contributed by atoms with Crippen LogP contribution in [0.25, 0.3) is 0 Å². The first-order chi connectivity index (χ1) is 8.94. The zero-order chi connectivity index (χ0) is 13.9. The number of hydrogen-bond donors (Lipinski definition) is 1. The highest BCUT2D eigenvalue weighted by atomic mass is 32.2. The van der Waals surface area contributed by atoms with Crippen LogP contribution >= 0.6 is 0 Å². The standard InChI is InChI=1S/C12H21N3O3S/c1-9-5-3-4-6-10(9)13-7-12-14-11(15-18-12)8-19(2,16)17/h9-10,13H,3-8H2,1-2H3/t9-,10+/m1/s1. The van der Waals surface area contributed by atoms with E-state index < -0.39 is 9.84 Å². The van der Waals surface area contributed by atoms with E-state index in [9.17, 15) is 8.42 Å². The topological polar surface area (TPSA) is 85.1 Å². The third-order valence-corrected chi connectivity index (χ3v) is 4.31. The first kappa shape index (κ1) is 14.5. The Bertz CT molecular complexity index is 512. The Morgan fingerprint density at radius 3 is 2.79 bits per heavy atom. The van der Waals surface area contributed by atoms with Crippen molar-refractivity contribution in [2.75, 3.05) is 6.26 Å². The summed E-state index contributed by atoms with van der Waals surface area (Å²) in [7, 11) is -3.11. The minimum atomic E-state index is -3.11. The van der Waals surface area contributed by atoms with Crippen molar-refractivity contribution in [2.45, 2.75) is 50.9 Å². The van der Waals surface area contributed by atoms with Crippen LogP contribution < -0.4 is 5.32 Å². The normalized spacial score (nSPS) is 24.5. The lowest BCUT2D eigenvalue weighted by atomic mass is 9.86. The second-order valence-electron chi connectivity index (χ2n) is 5.42. The number of rotatable bonds is 5. The van der Waals surface area contributed by atoms with Crippen molar-refractivity contribution in [3.63, 3.8) is 0 Å². The maximum atomic E-state index is 11.1. The van der Waals surface area contributed by atoms with Gasteiger partial charge < -0.3 is 9.84 Å². The number of nitrogens with zero attached hydrogens (tertiary/aromatic N) is 2. The van der Waals surface area contributed by atoms with Crippen molar-refractivity contribution in [1.29, 1.82) is 0 Å². The second kappa shape index (κ2) is 6.00. The van der Waals surface area contributed by atoms with Crippen molar-refractivity contribution < 1.29 is 12.9 Å². The third kappa shape index (κ3) is 4.58. The smallest absolute Gasteiger partial charge is 0.240 e. The lowest BCUT2D eigenvalue weighted by Gasteiger charge is -2.29. The van der Waals surface area contributed by atoms with Crippen LogP contribution in [0.4, 0.5) is 0 Å². The minimum Gasteiger partial charge on any atom is -0.338 e. The summed E-state index contributed by atoms with van der Waals surface area (Å²) in [5, 5.41) is 7.10. The summed E-state index contributed by atoms with van der Waals surface area (Å²) in [4.78, 5) is 4.09. The monoisotopic (exact) mass is 287 g/mol. The van der Waals surface area contributed by atoms with Crippen LogP contribution in [0.5, 0.6) is 0 Å². The molecule has 1 aliphatic rings. The molecule has 1 N–H and O–H groups in total. The summed E-state index contributed by atoms with van der Waals surface area (Å²) in [6.45, 7) is 2.76. The molecular formula is C12H21N3O3S. The van der Waals surface area contributed by atoms with Gasteiger partial charge in [0.2, 0.25) is 5.89 Å². The molecule has 0 amide bonds. The molecule has 1 heterocycles. The Morgan fingerprint density at radius 1 is 1.37 bits per heavy atom. The van der Waals surface area contributed by atoms with Crippen molar-refractivity contribution >= 4 is 9.84 Å². The van der Waals surface area contributed by atoms with Gasteiger partial charge in [0.1, 0.15) is 5.75 Å². The van der Waals surface area contributed by atoms with Gasteiger partial charge in [-0.05, 0) is 18.8 Å². The molecule has 1 fully saturated rings. The summed E-state index contributed by atoms with van der Waals surface area (Å²) < 4.78 is 27.3. The molecule has 19 heavy (non-hydrogen) atoms. The minimum absolute atomic E-state index is 0.170. The summed E-state index contributed by atoms with van der Waals surface area (Å²) >= 11 is 0. The second-order valence-corrected chi connectivity index (χ2v) is 7.56. The van der Waals surface area contributed by atoms with E-state index >= 15 is 0 Å². The highest BCUT2D eigenvalue weighted by molar-refractivity contribution is 7.89. The fourth-order valence-corrected chi connectivity index (χ4v) is 3.08. The molecule has 0 unspecified atom stereocenters. The van der Waals surface area contributed by atoms with Crippen LogP contribution in [-0.4, -0.2) is 30.9 Å². The summed E-state index contributed by atoms with van der Waals surface area (Å²) in [5.74, 6) is 1.18. The van der Waals surface area contributed by atoms with E-state index in [2.05, 4.69) is 22.4 Å². The highest BCUT2D eigenvalue weighted by Gasteiger charge is 2.21. The lowest BCUT2D eigenvalue weighted by Crippen LogP contribution is -2.36. The highest BCUT2D eigenvalue weighted by Crippen LogP contribution is 2.23. The molecule has 0 saturated heterocycles. The van der Waals surface area contributed by atoms with E-state index in [4.69, 9.17) is 4.52 Å². The van der Waals surface area contributed by atoms with Gasteiger partial charge in [-0.2, -0.15) is 4.98 Å². The first-order valence-electron chi connectivity index (χ1n) is 6.66. The Morgan fingerprint density at radius 2 is 2.11 bits per heavy atom. The molecule has 6 nitrogen and oxygen atoms in total. The molecule has 108 valence electrons. The predicted molar refractivity (Wildman–Crippen MR) is 71.1 cm³/mol. The van der Waals surface area contributed by atoms with E-state index in [1.54, 1.807) is 0 Å². The maximum absolute atomic E-state index is 11.1. The number of nitrogens with one attached hydrogen (secondary N) is 1. The van der Waals surface area contributed by atoms with Gasteiger partial charge in [-0.3, -0.25) is 0 Å². The molecule has 1 aliphatic carbocycles. The van der Waals surface area contributed by atoms with Crippen molar-refractivity contribution in [3.8, 4) is 0 Å². The number of hydrogen-bond acceptors (Lipinski definition) is 6. The zero-order valence-electron chi connectivity index (χ0n) is 11.4. The Balaban J connectivity index is 1.86.